The van der Waals surface area contributed by atoms with Crippen molar-refractivity contribution < 1.29 is 19.5 Å². The quantitative estimate of drug-likeness (QED) is 0.313. The van der Waals surface area contributed by atoms with Crippen LogP contribution in [0.4, 0.5) is 0 Å². The lowest BCUT2D eigenvalue weighted by Gasteiger charge is -2.39. The van der Waals surface area contributed by atoms with Gasteiger partial charge >= 0.3 is 0 Å². The second kappa shape index (κ2) is 9.52. The molecule has 3 aromatic rings. The molecule has 9 heteroatoms. The van der Waals surface area contributed by atoms with Crippen molar-refractivity contribution in [2.75, 3.05) is 26.2 Å². The van der Waals surface area contributed by atoms with Crippen LogP contribution in [0.1, 0.15) is 34.0 Å². The van der Waals surface area contributed by atoms with Crippen LogP contribution < -0.4 is 9.46 Å². The third-order valence-electron chi connectivity index (χ3n) is 6.71. The van der Waals surface area contributed by atoms with E-state index in [9.17, 15) is 15.2 Å². The number of fused-ring (bicyclic) bond motifs is 2. The van der Waals surface area contributed by atoms with Gasteiger partial charge in [-0.1, -0.05) is 17.7 Å². The fraction of sp³-hybridized carbons (Fsp3) is 0.320. The van der Waals surface area contributed by atoms with Crippen LogP contribution in [0, 0.1) is 5.21 Å². The Morgan fingerprint density at radius 3 is 2.53 bits per heavy atom. The first-order chi connectivity index (χ1) is 16.4. The minimum absolute atomic E-state index is 0.0617. The van der Waals surface area contributed by atoms with Gasteiger partial charge < -0.3 is 10.1 Å². The van der Waals surface area contributed by atoms with Gasteiger partial charge in [-0.25, -0.2) is 0 Å². The van der Waals surface area contributed by atoms with E-state index in [2.05, 4.69) is 20.8 Å². The molecule has 5 rings (SSSR count). The maximum absolute atomic E-state index is 13.1. The van der Waals surface area contributed by atoms with Gasteiger partial charge in [0.15, 0.2) is 6.20 Å². The standard InChI is InChI=1S/C25H25BrClN4O3/c26-20-14-19-2-1-18-15-21(27)3-4-22(18)25(24(19)31(34)16-20)29-11-9-28(10-12-29)23(32)13-17-5-7-30(33)8-6-17/h3-8,14-16,25,33H,1-2,9-13H2/q+1. The highest BCUT2D eigenvalue weighted by molar-refractivity contribution is 9.10. The Kier molecular flexibility index (Phi) is 6.46. The molecule has 1 amide bonds. The number of carbonyl (C=O) groups is 1. The Balaban J connectivity index is 1.40. The maximum atomic E-state index is 13.1. The average Bonchev–Trinajstić information content (AvgIpc) is 2.97. The van der Waals surface area contributed by atoms with E-state index in [1.54, 1.807) is 18.3 Å². The largest absolute Gasteiger partial charge is 0.618 e. The molecule has 1 fully saturated rings. The fourth-order valence-corrected chi connectivity index (χ4v) is 5.68. The van der Waals surface area contributed by atoms with Crippen LogP contribution in [0.25, 0.3) is 0 Å². The molecular formula is C25H25BrClN4O3+. The number of pyridine rings is 2. The molecule has 0 radical (unpaired) electrons. The van der Waals surface area contributed by atoms with Crippen molar-refractivity contribution in [3.8, 4) is 0 Å². The molecule has 7 nitrogen and oxygen atoms in total. The summed E-state index contributed by atoms with van der Waals surface area (Å²) in [5, 5.41) is 23.2. The van der Waals surface area contributed by atoms with Gasteiger partial charge in [-0.3, -0.25) is 14.9 Å². The first-order valence-electron chi connectivity index (χ1n) is 11.3. The number of amides is 1. The number of carbonyl (C=O) groups excluding carboxylic acids is 1. The van der Waals surface area contributed by atoms with Crippen molar-refractivity contribution in [2.45, 2.75) is 25.3 Å². The zero-order valence-corrected chi connectivity index (χ0v) is 20.9. The molecule has 1 saturated heterocycles. The summed E-state index contributed by atoms with van der Waals surface area (Å²) in [6, 6.07) is 11.3. The van der Waals surface area contributed by atoms with E-state index in [1.807, 2.05) is 29.2 Å². The summed E-state index contributed by atoms with van der Waals surface area (Å²) >= 11 is 9.78. The van der Waals surface area contributed by atoms with Gasteiger partial charge in [0.2, 0.25) is 24.0 Å². The van der Waals surface area contributed by atoms with E-state index in [0.717, 1.165) is 54.7 Å². The summed E-state index contributed by atoms with van der Waals surface area (Å²) in [6.07, 6.45) is 6.49. The molecule has 1 aromatic carbocycles. The molecular weight excluding hydrogens is 520 g/mol. The predicted octanol–water partition coefficient (Wildman–Crippen LogP) is 2.84. The van der Waals surface area contributed by atoms with Gasteiger partial charge in [0.05, 0.1) is 10.9 Å². The Bertz CT molecular complexity index is 1230. The summed E-state index contributed by atoms with van der Waals surface area (Å²) in [5.74, 6) is 0.0617. The first kappa shape index (κ1) is 23.1. The Hall–Kier alpha value is -2.68. The average molecular weight is 545 g/mol. The zero-order valence-electron chi connectivity index (χ0n) is 18.5. The molecule has 1 aliphatic carbocycles. The van der Waals surface area contributed by atoms with Crippen molar-refractivity contribution in [3.63, 3.8) is 0 Å². The van der Waals surface area contributed by atoms with Gasteiger partial charge in [-0.2, -0.15) is 4.73 Å². The van der Waals surface area contributed by atoms with E-state index < -0.39 is 0 Å². The van der Waals surface area contributed by atoms with Crippen LogP contribution in [-0.4, -0.2) is 47.1 Å². The molecule has 3 heterocycles. The van der Waals surface area contributed by atoms with Gasteiger partial charge in [-0.05, 0) is 63.7 Å². The number of hydrogen-bond acceptors (Lipinski definition) is 4. The van der Waals surface area contributed by atoms with Crippen molar-refractivity contribution in [2.24, 2.45) is 0 Å². The van der Waals surface area contributed by atoms with Crippen molar-refractivity contribution in [1.82, 2.24) is 9.80 Å². The second-order valence-electron chi connectivity index (χ2n) is 8.82. The van der Waals surface area contributed by atoms with Crippen molar-refractivity contribution in [3.05, 3.63) is 97.6 Å². The lowest BCUT2D eigenvalue weighted by molar-refractivity contribution is -0.904. The molecule has 1 aliphatic heterocycles. The third-order valence-corrected chi connectivity index (χ3v) is 7.38. The van der Waals surface area contributed by atoms with Crippen LogP contribution in [0.3, 0.4) is 0 Å². The maximum Gasteiger partial charge on any atom is 0.227 e. The van der Waals surface area contributed by atoms with Crippen LogP contribution >= 0.6 is 27.5 Å². The molecule has 1 N–H and O–H groups in total. The van der Waals surface area contributed by atoms with E-state index in [1.165, 1.54) is 12.4 Å². The molecule has 34 heavy (non-hydrogen) atoms. The number of benzene rings is 1. The lowest BCUT2D eigenvalue weighted by Crippen LogP contribution is -2.52. The van der Waals surface area contributed by atoms with E-state index >= 15 is 0 Å². The SMILES string of the molecule is O=C(Cc1cc[n+](O)cc1)N1CCN(C2c3ccc(Cl)cc3CCc3cc(Br)c[n+]([O-])c32)CC1. The zero-order chi connectivity index (χ0) is 23.8. The summed E-state index contributed by atoms with van der Waals surface area (Å²) < 4.78 is 2.73. The molecule has 0 spiro atoms. The molecule has 2 aromatic heterocycles. The predicted molar refractivity (Wildman–Crippen MR) is 129 cm³/mol. The van der Waals surface area contributed by atoms with Gasteiger partial charge in [0, 0.05) is 53.6 Å². The number of hydrogen-bond donors (Lipinski definition) is 1. The Labute approximate surface area is 211 Å². The molecule has 2 aliphatic rings. The molecule has 1 unspecified atom stereocenters. The summed E-state index contributed by atoms with van der Waals surface area (Å²) in [7, 11) is 0. The van der Waals surface area contributed by atoms with Crippen molar-refractivity contribution >= 4 is 33.4 Å². The number of aryl methyl sites for hydroxylation is 2. The molecule has 176 valence electrons. The highest BCUT2D eigenvalue weighted by Crippen LogP contribution is 2.37. The van der Waals surface area contributed by atoms with E-state index in [-0.39, 0.29) is 11.9 Å². The minimum Gasteiger partial charge on any atom is -0.618 e. The normalized spacial score (nSPS) is 18.2. The molecule has 1 atom stereocenters. The van der Waals surface area contributed by atoms with Crippen LogP contribution in [-0.2, 0) is 24.1 Å². The van der Waals surface area contributed by atoms with Gasteiger partial charge in [-0.15, -0.1) is 0 Å². The van der Waals surface area contributed by atoms with Gasteiger partial charge in [0.25, 0.3) is 0 Å². The van der Waals surface area contributed by atoms with E-state index in [4.69, 9.17) is 11.6 Å². The number of nitrogens with zero attached hydrogens (tertiary/aromatic N) is 4. The summed E-state index contributed by atoms with van der Waals surface area (Å²) in [5.41, 5.74) is 4.92. The monoisotopic (exact) mass is 543 g/mol. The number of rotatable bonds is 3. The smallest absolute Gasteiger partial charge is 0.227 e. The minimum atomic E-state index is -0.193. The topological polar surface area (TPSA) is 74.6 Å². The van der Waals surface area contributed by atoms with Crippen molar-refractivity contribution in [1.29, 1.82) is 0 Å². The summed E-state index contributed by atoms with van der Waals surface area (Å²) in [6.45, 7) is 2.52. The summed E-state index contributed by atoms with van der Waals surface area (Å²) in [4.78, 5) is 17.1. The van der Waals surface area contributed by atoms with Crippen LogP contribution in [0.2, 0.25) is 5.02 Å². The van der Waals surface area contributed by atoms with Crippen LogP contribution in [0.15, 0.2) is 59.5 Å². The highest BCUT2D eigenvalue weighted by atomic mass is 79.9. The van der Waals surface area contributed by atoms with Crippen LogP contribution in [0.5, 0.6) is 0 Å². The van der Waals surface area contributed by atoms with E-state index in [0.29, 0.717) is 37.6 Å². The third kappa shape index (κ3) is 4.62. The Morgan fingerprint density at radius 1 is 1.09 bits per heavy atom. The molecule has 0 bridgehead atoms. The number of piperazine rings is 1. The Morgan fingerprint density at radius 2 is 1.79 bits per heavy atom. The lowest BCUT2D eigenvalue weighted by atomic mass is 9.96. The number of halogens is 2. The van der Waals surface area contributed by atoms with Gasteiger partial charge in [0.1, 0.15) is 6.04 Å². The first-order valence-corrected chi connectivity index (χ1v) is 12.5. The highest BCUT2D eigenvalue weighted by Gasteiger charge is 2.37. The molecule has 0 saturated carbocycles. The second-order valence-corrected chi connectivity index (χ2v) is 10.2. The number of aromatic nitrogens is 2. The fourth-order valence-electron chi connectivity index (χ4n) is 5.02.